The summed E-state index contributed by atoms with van der Waals surface area (Å²) in [5.74, 6) is -3.45. The minimum atomic E-state index is -1.50. The molecule has 1 aromatic carbocycles. The van der Waals surface area contributed by atoms with E-state index in [1.165, 1.54) is 36.1 Å². The Hall–Kier alpha value is -3.84. The number of hydrogen-bond donors (Lipinski definition) is 1. The lowest BCUT2D eigenvalue weighted by molar-refractivity contribution is 0.0378. The Balaban J connectivity index is 1.22. The summed E-state index contributed by atoms with van der Waals surface area (Å²) < 4.78 is 53.8. The number of hydrogen-bond acceptors (Lipinski definition) is 6. The van der Waals surface area contributed by atoms with Crippen LogP contribution in [0.5, 0.6) is 0 Å². The summed E-state index contributed by atoms with van der Waals surface area (Å²) in [5.41, 5.74) is -1.69. The summed E-state index contributed by atoms with van der Waals surface area (Å²) in [6.07, 6.45) is 3.83. The smallest absolute Gasteiger partial charge is 0.320 e. The van der Waals surface area contributed by atoms with Gasteiger partial charge in [-0.2, -0.15) is 5.10 Å². The van der Waals surface area contributed by atoms with Crippen molar-refractivity contribution in [3.8, 4) is 0 Å². The molecule has 1 unspecified atom stereocenters. The van der Waals surface area contributed by atoms with Crippen molar-refractivity contribution in [1.29, 1.82) is 0 Å². The van der Waals surface area contributed by atoms with E-state index < -0.39 is 28.8 Å². The van der Waals surface area contributed by atoms with E-state index in [4.69, 9.17) is 16.3 Å². The number of ether oxygens (including phenoxy) is 1. The topological polar surface area (TPSA) is 95.8 Å². The monoisotopic (exact) mass is 615 g/mol. The molecule has 3 amide bonds. The number of pyridine rings is 1. The Morgan fingerprint density at radius 1 is 1.21 bits per heavy atom. The molecule has 10 nitrogen and oxygen atoms in total. The summed E-state index contributed by atoms with van der Waals surface area (Å²) in [6.45, 7) is 3.23. The number of rotatable bonds is 4. The maximum atomic E-state index is 16.6. The maximum absolute atomic E-state index is 16.6. The first-order valence-electron chi connectivity index (χ1n) is 14.1. The van der Waals surface area contributed by atoms with E-state index in [1.54, 1.807) is 11.8 Å². The van der Waals surface area contributed by atoms with Gasteiger partial charge in [0.2, 0.25) is 0 Å². The zero-order valence-electron chi connectivity index (χ0n) is 23.5. The van der Waals surface area contributed by atoms with Crippen LogP contribution in [0, 0.1) is 17.5 Å². The van der Waals surface area contributed by atoms with Gasteiger partial charge in [-0.3, -0.25) is 14.4 Å². The van der Waals surface area contributed by atoms with Gasteiger partial charge in [0.15, 0.2) is 23.3 Å². The van der Waals surface area contributed by atoms with E-state index in [9.17, 15) is 14.0 Å². The third-order valence-corrected chi connectivity index (χ3v) is 9.33. The first-order chi connectivity index (χ1) is 20.5. The molecule has 3 fully saturated rings. The Labute approximate surface area is 250 Å². The van der Waals surface area contributed by atoms with Gasteiger partial charge in [0.25, 0.3) is 5.91 Å². The molecule has 0 aliphatic carbocycles. The third-order valence-electron chi connectivity index (χ3n) is 9.03. The van der Waals surface area contributed by atoms with Crippen molar-refractivity contribution in [2.75, 3.05) is 43.0 Å². The standard InChI is InChI=1S/C29H29ClF3N7O3/c1-29(19-4-3-5-20(30)23(19)32)14-40(26-21(31)12-37(2)36-26)27(41)18-9-34-25(24(33)22(18)29)35-15-6-7-38(10-15)28(42)39-11-17-8-16(39)13-43-17/h3-5,9,12,15-17H,6-8,10-11,13-14H2,1-2H3,(H,34,35)/t15-,16+,17+,29?/m1/s1. The van der Waals surface area contributed by atoms with E-state index in [2.05, 4.69) is 15.4 Å². The van der Waals surface area contributed by atoms with Gasteiger partial charge in [0.05, 0.1) is 35.5 Å². The van der Waals surface area contributed by atoms with Gasteiger partial charge in [-0.1, -0.05) is 23.7 Å². The molecule has 14 heteroatoms. The number of aromatic nitrogens is 3. The van der Waals surface area contributed by atoms with Crippen molar-refractivity contribution in [2.24, 2.45) is 7.05 Å². The molecular weight excluding hydrogens is 587 g/mol. The van der Waals surface area contributed by atoms with Gasteiger partial charge in [-0.05, 0) is 25.8 Å². The number of likely N-dealkylation sites (tertiary alicyclic amines) is 2. The minimum absolute atomic E-state index is 0.0349. The molecule has 3 aromatic rings. The molecule has 1 N–H and O–H groups in total. The van der Waals surface area contributed by atoms with Gasteiger partial charge < -0.3 is 19.9 Å². The molecule has 0 radical (unpaired) electrons. The predicted octanol–water partition coefficient (Wildman–Crippen LogP) is 3.93. The number of halogens is 4. The second-order valence-corrected chi connectivity index (χ2v) is 12.3. The number of nitrogens with one attached hydrogen (secondary N) is 1. The second-order valence-electron chi connectivity index (χ2n) is 11.9. The SMILES string of the molecule is Cn1cc(F)c(N2CC(C)(c3cccc(Cl)c3F)c3c(cnc(N[C@@H]4CCN(C(=O)N5C[C@@H]6C[C@H]5CO6)C4)c3F)C2=O)n1. The van der Waals surface area contributed by atoms with E-state index in [0.29, 0.717) is 32.7 Å². The molecule has 0 saturated carbocycles. The van der Waals surface area contributed by atoms with Gasteiger partial charge >= 0.3 is 6.03 Å². The molecule has 0 spiro atoms. The highest BCUT2D eigenvalue weighted by Crippen LogP contribution is 2.45. The molecule has 2 bridgehead atoms. The first-order valence-corrected chi connectivity index (χ1v) is 14.5. The fraction of sp³-hybridized carbons (Fsp3) is 0.448. The number of aryl methyl sites for hydroxylation is 1. The number of morpholine rings is 1. The lowest BCUT2D eigenvalue weighted by atomic mass is 9.71. The summed E-state index contributed by atoms with van der Waals surface area (Å²) in [5, 5.41) is 7.02. The summed E-state index contributed by atoms with van der Waals surface area (Å²) >= 11 is 6.13. The van der Waals surface area contributed by atoms with E-state index >= 15 is 8.78 Å². The Bertz CT molecular complexity index is 1650. The maximum Gasteiger partial charge on any atom is 0.320 e. The lowest BCUT2D eigenvalue weighted by Crippen LogP contribution is -2.50. The van der Waals surface area contributed by atoms with Gasteiger partial charge in [0, 0.05) is 62.0 Å². The van der Waals surface area contributed by atoms with Crippen molar-refractivity contribution < 1.29 is 27.5 Å². The Morgan fingerprint density at radius 2 is 2.02 bits per heavy atom. The minimum Gasteiger partial charge on any atom is -0.374 e. The second kappa shape index (κ2) is 10.1. The number of anilines is 2. The number of benzene rings is 1. The molecule has 226 valence electrons. The molecule has 4 atom stereocenters. The summed E-state index contributed by atoms with van der Waals surface area (Å²) in [7, 11) is 1.51. The van der Waals surface area contributed by atoms with Crippen LogP contribution in [0.15, 0.2) is 30.6 Å². The van der Waals surface area contributed by atoms with Crippen molar-refractivity contribution in [1.82, 2.24) is 24.6 Å². The first kappa shape index (κ1) is 28.0. The highest BCUT2D eigenvalue weighted by atomic mass is 35.5. The highest BCUT2D eigenvalue weighted by molar-refractivity contribution is 6.30. The molecule has 7 rings (SSSR count). The number of fused-ring (bicyclic) bond motifs is 3. The van der Waals surface area contributed by atoms with Crippen molar-refractivity contribution in [3.05, 3.63) is 69.8 Å². The number of carbonyl (C=O) groups is 2. The third kappa shape index (κ3) is 4.43. The van der Waals surface area contributed by atoms with Crippen LogP contribution >= 0.6 is 11.6 Å². The fourth-order valence-corrected chi connectivity index (χ4v) is 7.09. The highest BCUT2D eigenvalue weighted by Gasteiger charge is 2.48. The average molecular weight is 616 g/mol. The molecular formula is C29H29ClF3N7O3. The largest absolute Gasteiger partial charge is 0.374 e. The number of urea groups is 1. The summed E-state index contributed by atoms with van der Waals surface area (Å²) in [6, 6.07) is 4.11. The lowest BCUT2D eigenvalue weighted by Gasteiger charge is -2.41. The molecule has 2 aromatic heterocycles. The van der Waals surface area contributed by atoms with E-state index in [0.717, 1.165) is 17.5 Å². The molecule has 4 aliphatic rings. The zero-order valence-corrected chi connectivity index (χ0v) is 24.2. The molecule has 6 heterocycles. The Morgan fingerprint density at radius 3 is 2.72 bits per heavy atom. The van der Waals surface area contributed by atoms with Crippen LogP contribution in [0.1, 0.15) is 41.3 Å². The Kier molecular flexibility index (Phi) is 6.58. The van der Waals surface area contributed by atoms with Crippen LogP contribution < -0.4 is 10.2 Å². The van der Waals surface area contributed by atoms with Crippen molar-refractivity contribution in [3.63, 3.8) is 0 Å². The molecule has 4 aliphatic heterocycles. The van der Waals surface area contributed by atoms with Crippen molar-refractivity contribution in [2.45, 2.75) is 43.4 Å². The fourth-order valence-electron chi connectivity index (χ4n) is 6.91. The van der Waals surface area contributed by atoms with E-state index in [-0.39, 0.29) is 64.1 Å². The number of amides is 3. The quantitative estimate of drug-likeness (QED) is 0.478. The predicted molar refractivity (Wildman–Crippen MR) is 151 cm³/mol. The molecule has 3 saturated heterocycles. The van der Waals surface area contributed by atoms with Crippen molar-refractivity contribution >= 4 is 35.2 Å². The summed E-state index contributed by atoms with van der Waals surface area (Å²) in [4.78, 5) is 35.7. The number of carbonyl (C=O) groups excluding carboxylic acids is 2. The van der Waals surface area contributed by atoms with E-state index in [1.807, 2.05) is 4.90 Å². The molecule has 43 heavy (non-hydrogen) atoms. The van der Waals surface area contributed by atoms with Crippen LogP contribution in [-0.4, -0.2) is 87.5 Å². The van der Waals surface area contributed by atoms with Crippen LogP contribution in [0.2, 0.25) is 5.02 Å². The van der Waals surface area contributed by atoms with Crippen LogP contribution in [-0.2, 0) is 17.2 Å². The van der Waals surface area contributed by atoms with Gasteiger partial charge in [0.1, 0.15) is 5.82 Å². The van der Waals surface area contributed by atoms with Gasteiger partial charge in [-0.25, -0.2) is 22.9 Å². The number of nitrogens with zero attached hydrogens (tertiary/aromatic N) is 6. The van der Waals surface area contributed by atoms with Crippen LogP contribution in [0.4, 0.5) is 29.6 Å². The van der Waals surface area contributed by atoms with Crippen LogP contribution in [0.25, 0.3) is 0 Å². The van der Waals surface area contributed by atoms with Gasteiger partial charge in [-0.15, -0.1) is 0 Å². The average Bonchev–Trinajstić information content (AvgIpc) is 3.78. The van der Waals surface area contributed by atoms with Crippen LogP contribution in [0.3, 0.4) is 0 Å². The normalized spacial score (nSPS) is 26.4. The zero-order chi connectivity index (χ0) is 30.2.